The van der Waals surface area contributed by atoms with E-state index in [2.05, 4.69) is 18.8 Å². The van der Waals surface area contributed by atoms with Crippen molar-refractivity contribution in [3.05, 3.63) is 131 Å². The summed E-state index contributed by atoms with van der Waals surface area (Å²) in [6, 6.07) is 22.5. The molecule has 0 fully saturated rings. The Morgan fingerprint density at radius 2 is 1.78 bits per heavy atom. The predicted octanol–water partition coefficient (Wildman–Crippen LogP) is 6.15. The summed E-state index contributed by atoms with van der Waals surface area (Å²) in [6.07, 6.45) is 1.81. The van der Waals surface area contributed by atoms with Crippen molar-refractivity contribution in [1.29, 1.82) is 0 Å². The minimum absolute atomic E-state index is 0.226. The van der Waals surface area contributed by atoms with Gasteiger partial charge in [0.25, 0.3) is 5.56 Å². The average molecular weight is 587 g/mol. The lowest BCUT2D eigenvalue weighted by Gasteiger charge is -2.25. The third-order valence-electron chi connectivity index (χ3n) is 6.98. The highest BCUT2D eigenvalue weighted by molar-refractivity contribution is 7.07. The first-order chi connectivity index (χ1) is 19.8. The molecule has 2 heterocycles. The highest BCUT2D eigenvalue weighted by Crippen LogP contribution is 2.31. The van der Waals surface area contributed by atoms with Crippen LogP contribution >= 0.6 is 22.9 Å². The summed E-state index contributed by atoms with van der Waals surface area (Å²) in [5.74, 6) is 0.509. The number of benzene rings is 3. The maximum absolute atomic E-state index is 14.0. The van der Waals surface area contributed by atoms with Crippen LogP contribution in [0.1, 0.15) is 61.9 Å². The Balaban J connectivity index is 1.60. The summed E-state index contributed by atoms with van der Waals surface area (Å²) in [7, 11) is 0. The van der Waals surface area contributed by atoms with E-state index in [9.17, 15) is 9.59 Å². The molecule has 0 amide bonds. The summed E-state index contributed by atoms with van der Waals surface area (Å²) in [5, 5.41) is 0.632. The van der Waals surface area contributed by atoms with Gasteiger partial charge in [-0.25, -0.2) is 9.79 Å². The molecule has 210 valence electrons. The number of para-hydroxylation sites is 1. The molecule has 0 N–H and O–H groups in total. The van der Waals surface area contributed by atoms with Gasteiger partial charge in [-0.05, 0) is 49.1 Å². The first kappa shape index (κ1) is 28.6. The molecule has 1 aromatic heterocycles. The van der Waals surface area contributed by atoms with Crippen LogP contribution in [0.25, 0.3) is 6.08 Å². The van der Waals surface area contributed by atoms with Crippen LogP contribution in [0.4, 0.5) is 0 Å². The molecule has 0 spiro atoms. The molecule has 0 saturated heterocycles. The van der Waals surface area contributed by atoms with Crippen molar-refractivity contribution in [3.8, 4) is 5.75 Å². The quantitative estimate of drug-likeness (QED) is 0.232. The zero-order chi connectivity index (χ0) is 29.1. The number of nitrogens with zero attached hydrogens (tertiary/aromatic N) is 2. The number of fused-ring (bicyclic) bond motifs is 1. The van der Waals surface area contributed by atoms with E-state index in [-0.39, 0.29) is 12.2 Å². The highest BCUT2D eigenvalue weighted by atomic mass is 35.5. The fourth-order valence-corrected chi connectivity index (χ4v) is 6.04. The van der Waals surface area contributed by atoms with E-state index in [1.165, 1.54) is 16.9 Å². The van der Waals surface area contributed by atoms with Gasteiger partial charge in [0.1, 0.15) is 12.4 Å². The molecule has 1 aliphatic heterocycles. The molecule has 5 rings (SSSR count). The van der Waals surface area contributed by atoms with Crippen molar-refractivity contribution in [2.75, 3.05) is 6.61 Å². The van der Waals surface area contributed by atoms with Crippen LogP contribution < -0.4 is 19.6 Å². The first-order valence-corrected chi connectivity index (χ1v) is 14.7. The standard InChI is InChI=1S/C33H31ClN2O4S/c1-5-39-32(38)29-21(4)35-33-36(30(29)23-16-14-22(15-17-23)20(2)3)31(37)28(41-33)18-24-10-7-9-13-27(24)40-19-25-11-6-8-12-26(25)34/h6-18,20,30H,5,19H2,1-4H3/b28-18-/t30-/m0/s1. The molecular weight excluding hydrogens is 556 g/mol. The summed E-state index contributed by atoms with van der Waals surface area (Å²) >= 11 is 7.60. The van der Waals surface area contributed by atoms with Crippen molar-refractivity contribution < 1.29 is 14.3 Å². The Bertz CT molecular complexity index is 1800. The second-order valence-corrected chi connectivity index (χ2v) is 11.5. The van der Waals surface area contributed by atoms with Crippen molar-refractivity contribution in [2.24, 2.45) is 4.99 Å². The van der Waals surface area contributed by atoms with Gasteiger partial charge in [0.2, 0.25) is 0 Å². The molecule has 1 aliphatic rings. The Morgan fingerprint density at radius 1 is 1.07 bits per heavy atom. The molecule has 0 radical (unpaired) electrons. The molecule has 3 aromatic carbocycles. The van der Waals surface area contributed by atoms with Gasteiger partial charge in [-0.1, -0.05) is 97.4 Å². The van der Waals surface area contributed by atoms with Crippen LogP contribution in [0.5, 0.6) is 5.75 Å². The van der Waals surface area contributed by atoms with E-state index in [1.807, 2.05) is 78.9 Å². The summed E-state index contributed by atoms with van der Waals surface area (Å²) < 4.78 is 13.6. The minimum atomic E-state index is -0.652. The maximum atomic E-state index is 14.0. The van der Waals surface area contributed by atoms with Crippen LogP contribution in [-0.4, -0.2) is 17.1 Å². The van der Waals surface area contributed by atoms with E-state index < -0.39 is 12.0 Å². The molecule has 8 heteroatoms. The zero-order valence-electron chi connectivity index (χ0n) is 23.4. The molecule has 41 heavy (non-hydrogen) atoms. The smallest absolute Gasteiger partial charge is 0.338 e. The number of hydrogen-bond acceptors (Lipinski definition) is 6. The van der Waals surface area contributed by atoms with Gasteiger partial charge in [0, 0.05) is 16.1 Å². The molecule has 6 nitrogen and oxygen atoms in total. The van der Waals surface area contributed by atoms with Crippen LogP contribution in [-0.2, 0) is 16.1 Å². The number of hydrogen-bond donors (Lipinski definition) is 0. The second kappa shape index (κ2) is 12.3. The molecule has 0 saturated carbocycles. The third-order valence-corrected chi connectivity index (χ3v) is 8.33. The van der Waals surface area contributed by atoms with Crippen LogP contribution in [0.3, 0.4) is 0 Å². The van der Waals surface area contributed by atoms with Crippen LogP contribution in [0.2, 0.25) is 5.02 Å². The van der Waals surface area contributed by atoms with Crippen molar-refractivity contribution in [1.82, 2.24) is 4.57 Å². The molecule has 0 unspecified atom stereocenters. The van der Waals surface area contributed by atoms with Gasteiger partial charge in [-0.2, -0.15) is 0 Å². The summed E-state index contributed by atoms with van der Waals surface area (Å²) in [5.41, 5.74) is 4.29. The number of esters is 1. The second-order valence-electron chi connectivity index (χ2n) is 10.0. The van der Waals surface area contributed by atoms with Crippen molar-refractivity contribution >= 4 is 35.0 Å². The van der Waals surface area contributed by atoms with E-state index in [0.717, 1.165) is 16.7 Å². The number of rotatable bonds is 8. The molecule has 0 aliphatic carbocycles. The Morgan fingerprint density at radius 3 is 2.49 bits per heavy atom. The number of halogens is 1. The lowest BCUT2D eigenvalue weighted by atomic mass is 9.93. The third kappa shape index (κ3) is 5.92. The monoisotopic (exact) mass is 586 g/mol. The van der Waals surface area contributed by atoms with Gasteiger partial charge in [-0.3, -0.25) is 9.36 Å². The van der Waals surface area contributed by atoms with E-state index >= 15 is 0 Å². The Labute approximate surface area is 247 Å². The van der Waals surface area contributed by atoms with Gasteiger partial charge in [0.15, 0.2) is 4.80 Å². The number of thiazole rings is 1. The lowest BCUT2D eigenvalue weighted by molar-refractivity contribution is -0.139. The topological polar surface area (TPSA) is 69.9 Å². The van der Waals surface area contributed by atoms with Crippen LogP contribution in [0.15, 0.2) is 93.9 Å². The Kier molecular flexibility index (Phi) is 8.57. The fourth-order valence-electron chi connectivity index (χ4n) is 4.81. The number of allylic oxidation sites excluding steroid dienone is 1. The normalized spacial score (nSPS) is 15.1. The Hall–Kier alpha value is -3.94. The summed E-state index contributed by atoms with van der Waals surface area (Å²) in [6.45, 7) is 8.33. The lowest BCUT2D eigenvalue weighted by Crippen LogP contribution is -2.39. The fraction of sp³-hybridized carbons (Fsp3) is 0.242. The van der Waals surface area contributed by atoms with Gasteiger partial charge >= 0.3 is 5.97 Å². The number of ether oxygens (including phenoxy) is 2. The van der Waals surface area contributed by atoms with E-state index in [4.69, 9.17) is 21.1 Å². The van der Waals surface area contributed by atoms with E-state index in [1.54, 1.807) is 18.4 Å². The average Bonchev–Trinajstić information content (AvgIpc) is 3.26. The minimum Gasteiger partial charge on any atom is -0.488 e. The molecule has 4 aromatic rings. The predicted molar refractivity (Wildman–Crippen MR) is 163 cm³/mol. The number of carbonyl (C=O) groups excluding carboxylic acids is 1. The molecule has 1 atom stereocenters. The van der Waals surface area contributed by atoms with Gasteiger partial charge in [0.05, 0.1) is 28.5 Å². The largest absolute Gasteiger partial charge is 0.488 e. The van der Waals surface area contributed by atoms with Crippen LogP contribution in [0, 0.1) is 0 Å². The number of aromatic nitrogens is 1. The van der Waals surface area contributed by atoms with Gasteiger partial charge in [-0.15, -0.1) is 0 Å². The maximum Gasteiger partial charge on any atom is 0.338 e. The van der Waals surface area contributed by atoms with Crippen molar-refractivity contribution in [3.63, 3.8) is 0 Å². The number of carbonyl (C=O) groups is 1. The first-order valence-electron chi connectivity index (χ1n) is 13.5. The van der Waals surface area contributed by atoms with Crippen molar-refractivity contribution in [2.45, 2.75) is 46.3 Å². The molecular formula is C33H31ClN2O4S. The highest BCUT2D eigenvalue weighted by Gasteiger charge is 2.33. The summed E-state index contributed by atoms with van der Waals surface area (Å²) in [4.78, 5) is 32.4. The zero-order valence-corrected chi connectivity index (χ0v) is 25.0. The van der Waals surface area contributed by atoms with Gasteiger partial charge < -0.3 is 9.47 Å². The SMILES string of the molecule is CCOC(=O)C1=C(C)N=c2s/c(=C\c3ccccc3OCc3ccccc3Cl)c(=O)n2[C@H]1c1ccc(C(C)C)cc1. The molecule has 0 bridgehead atoms. The van der Waals surface area contributed by atoms with E-state index in [0.29, 0.717) is 43.9 Å².